The molecular formula is C19H24N4O3. The van der Waals surface area contributed by atoms with Crippen molar-refractivity contribution in [3.05, 3.63) is 30.1 Å². The molecule has 4 rings (SSSR count). The lowest BCUT2D eigenvalue weighted by Crippen LogP contribution is -2.51. The molecule has 1 N–H and O–H groups in total. The van der Waals surface area contributed by atoms with E-state index in [9.17, 15) is 9.59 Å². The molecule has 0 bridgehead atoms. The third-order valence-corrected chi connectivity index (χ3v) is 5.36. The summed E-state index contributed by atoms with van der Waals surface area (Å²) in [4.78, 5) is 36.4. The molecule has 1 atom stereocenters. The van der Waals surface area contributed by atoms with E-state index in [0.29, 0.717) is 37.6 Å². The molecule has 1 spiro atoms. The minimum absolute atomic E-state index is 0.208. The molecule has 3 heterocycles. The van der Waals surface area contributed by atoms with Gasteiger partial charge in [0.15, 0.2) is 5.60 Å². The number of hydrogen-bond acceptors (Lipinski definition) is 5. The number of nitrogens with zero attached hydrogens (tertiary/aromatic N) is 3. The number of hydrogen-bond donors (Lipinski definition) is 1. The summed E-state index contributed by atoms with van der Waals surface area (Å²) in [5.74, 6) is 0.585. The van der Waals surface area contributed by atoms with Gasteiger partial charge in [-0.1, -0.05) is 5.16 Å². The highest BCUT2D eigenvalue weighted by molar-refractivity contribution is 6.39. The molecule has 1 aromatic rings. The molecule has 1 aromatic heterocycles. The van der Waals surface area contributed by atoms with E-state index in [4.69, 9.17) is 4.84 Å². The van der Waals surface area contributed by atoms with Gasteiger partial charge >= 0.3 is 0 Å². The van der Waals surface area contributed by atoms with E-state index in [1.165, 1.54) is 12.8 Å². The zero-order valence-corrected chi connectivity index (χ0v) is 14.8. The quantitative estimate of drug-likeness (QED) is 0.869. The second-order valence-corrected chi connectivity index (χ2v) is 7.59. The highest BCUT2D eigenvalue weighted by Crippen LogP contribution is 2.36. The lowest BCUT2D eigenvalue weighted by Gasteiger charge is -2.38. The highest BCUT2D eigenvalue weighted by Gasteiger charge is 2.45. The second kappa shape index (κ2) is 7.05. The first-order valence-corrected chi connectivity index (χ1v) is 9.33. The van der Waals surface area contributed by atoms with Crippen LogP contribution in [0.3, 0.4) is 0 Å². The van der Waals surface area contributed by atoms with Crippen molar-refractivity contribution < 1.29 is 14.4 Å². The molecule has 7 nitrogen and oxygen atoms in total. The molecule has 2 amide bonds. The van der Waals surface area contributed by atoms with Crippen LogP contribution in [0.4, 0.5) is 0 Å². The van der Waals surface area contributed by atoms with Crippen LogP contribution < -0.4 is 5.32 Å². The van der Waals surface area contributed by atoms with Crippen LogP contribution in [0, 0.1) is 5.92 Å². The second-order valence-electron chi connectivity index (χ2n) is 7.59. The van der Waals surface area contributed by atoms with E-state index in [1.807, 2.05) is 17.0 Å². The summed E-state index contributed by atoms with van der Waals surface area (Å²) in [5.41, 5.74) is 0.869. The van der Waals surface area contributed by atoms with Gasteiger partial charge in [0.25, 0.3) is 5.91 Å². The number of nitrogens with one attached hydrogen (secondary N) is 1. The zero-order valence-electron chi connectivity index (χ0n) is 14.8. The van der Waals surface area contributed by atoms with Gasteiger partial charge in [-0.3, -0.25) is 14.6 Å². The summed E-state index contributed by atoms with van der Waals surface area (Å²) in [6.45, 7) is 1.74. The van der Waals surface area contributed by atoms with Gasteiger partial charge in [0.2, 0.25) is 5.91 Å². The van der Waals surface area contributed by atoms with Crippen LogP contribution >= 0.6 is 0 Å². The van der Waals surface area contributed by atoms with Crippen molar-refractivity contribution in [1.82, 2.24) is 15.2 Å². The first-order valence-electron chi connectivity index (χ1n) is 9.33. The minimum atomic E-state index is -0.527. The SMILES string of the molecule is O=C(NCc1ccncc1)C1=NO[C@]2(CCCN(C(=O)CC3CC3)C2)C1. The molecule has 26 heavy (non-hydrogen) atoms. The molecule has 0 unspecified atom stereocenters. The van der Waals surface area contributed by atoms with Crippen molar-refractivity contribution in [3.8, 4) is 0 Å². The molecule has 0 aromatic carbocycles. The van der Waals surface area contributed by atoms with Crippen LogP contribution in [0.2, 0.25) is 0 Å². The molecule has 2 aliphatic heterocycles. The molecule has 1 aliphatic carbocycles. The summed E-state index contributed by atoms with van der Waals surface area (Å²) in [5, 5.41) is 6.92. The average molecular weight is 356 g/mol. The summed E-state index contributed by atoms with van der Waals surface area (Å²) >= 11 is 0. The van der Waals surface area contributed by atoms with Crippen molar-refractivity contribution in [1.29, 1.82) is 0 Å². The Balaban J connectivity index is 1.31. The summed E-state index contributed by atoms with van der Waals surface area (Å²) in [6, 6.07) is 3.72. The van der Waals surface area contributed by atoms with Crippen LogP contribution in [-0.2, 0) is 21.0 Å². The largest absolute Gasteiger partial charge is 0.386 e. The molecule has 1 saturated heterocycles. The van der Waals surface area contributed by atoms with E-state index in [1.54, 1.807) is 12.4 Å². The Morgan fingerprint density at radius 1 is 1.31 bits per heavy atom. The number of piperidine rings is 1. The van der Waals surface area contributed by atoms with Gasteiger partial charge in [-0.2, -0.15) is 0 Å². The van der Waals surface area contributed by atoms with E-state index < -0.39 is 5.60 Å². The van der Waals surface area contributed by atoms with Gasteiger partial charge in [-0.15, -0.1) is 0 Å². The molecule has 2 fully saturated rings. The Hall–Kier alpha value is -2.44. The van der Waals surface area contributed by atoms with Gasteiger partial charge in [-0.05, 0) is 49.3 Å². The van der Waals surface area contributed by atoms with Gasteiger partial charge in [-0.25, -0.2) is 0 Å². The van der Waals surface area contributed by atoms with Crippen molar-refractivity contribution in [2.75, 3.05) is 13.1 Å². The van der Waals surface area contributed by atoms with Gasteiger partial charge in [0.05, 0.1) is 6.54 Å². The maximum atomic E-state index is 12.4. The Kier molecular flexibility index (Phi) is 4.61. The number of likely N-dealkylation sites (tertiary alicyclic amines) is 1. The standard InChI is InChI=1S/C19H24N4O3/c24-17(10-14-2-3-14)23-9-1-6-19(13-23)11-16(22-26-19)18(25)21-12-15-4-7-20-8-5-15/h4-5,7-8,14H,1-3,6,9-13H2,(H,21,25)/t19-/m1/s1. The fraction of sp³-hybridized carbons (Fsp3) is 0.579. The number of oxime groups is 1. The van der Waals surface area contributed by atoms with Crippen molar-refractivity contribution in [2.45, 2.75) is 50.7 Å². The van der Waals surface area contributed by atoms with Crippen LogP contribution in [0.15, 0.2) is 29.7 Å². The highest BCUT2D eigenvalue weighted by atomic mass is 16.7. The van der Waals surface area contributed by atoms with Crippen LogP contribution in [0.25, 0.3) is 0 Å². The molecule has 138 valence electrons. The minimum Gasteiger partial charge on any atom is -0.386 e. The van der Waals surface area contributed by atoms with Crippen LogP contribution in [0.5, 0.6) is 0 Å². The van der Waals surface area contributed by atoms with Crippen molar-refractivity contribution in [2.24, 2.45) is 11.1 Å². The van der Waals surface area contributed by atoms with Gasteiger partial charge in [0.1, 0.15) is 5.71 Å². The monoisotopic (exact) mass is 356 g/mol. The summed E-state index contributed by atoms with van der Waals surface area (Å²) in [7, 11) is 0. The normalized spacial score (nSPS) is 24.9. The summed E-state index contributed by atoms with van der Waals surface area (Å²) in [6.07, 6.45) is 8.56. The third kappa shape index (κ3) is 3.86. The number of amides is 2. The molecular weight excluding hydrogens is 332 g/mol. The zero-order chi connectivity index (χ0) is 18.0. The summed E-state index contributed by atoms with van der Waals surface area (Å²) < 4.78 is 0. The van der Waals surface area contributed by atoms with Crippen LogP contribution in [-0.4, -0.2) is 46.1 Å². The number of carbonyl (C=O) groups is 2. The average Bonchev–Trinajstić information content (AvgIpc) is 3.39. The Labute approximate surface area is 152 Å². The number of carbonyl (C=O) groups excluding carboxylic acids is 2. The number of pyridine rings is 1. The predicted molar refractivity (Wildman–Crippen MR) is 95.1 cm³/mol. The Bertz CT molecular complexity index is 717. The Morgan fingerprint density at radius 2 is 2.12 bits per heavy atom. The van der Waals surface area contributed by atoms with E-state index >= 15 is 0 Å². The predicted octanol–water partition coefficient (Wildman–Crippen LogP) is 1.64. The fourth-order valence-corrected chi connectivity index (χ4v) is 3.66. The Morgan fingerprint density at radius 3 is 2.88 bits per heavy atom. The number of rotatable bonds is 5. The first-order chi connectivity index (χ1) is 12.6. The smallest absolute Gasteiger partial charge is 0.269 e. The molecule has 1 saturated carbocycles. The lowest BCUT2D eigenvalue weighted by atomic mass is 9.87. The maximum absolute atomic E-state index is 12.4. The third-order valence-electron chi connectivity index (χ3n) is 5.36. The fourth-order valence-electron chi connectivity index (χ4n) is 3.66. The van der Waals surface area contributed by atoms with Crippen molar-refractivity contribution in [3.63, 3.8) is 0 Å². The molecule has 3 aliphatic rings. The van der Waals surface area contributed by atoms with Crippen LogP contribution in [0.1, 0.15) is 44.1 Å². The lowest BCUT2D eigenvalue weighted by molar-refractivity contribution is -0.141. The molecule has 0 radical (unpaired) electrons. The van der Waals surface area contributed by atoms with Crippen molar-refractivity contribution >= 4 is 17.5 Å². The van der Waals surface area contributed by atoms with Gasteiger partial charge < -0.3 is 15.1 Å². The number of aromatic nitrogens is 1. The van der Waals surface area contributed by atoms with E-state index in [-0.39, 0.29) is 11.8 Å². The maximum Gasteiger partial charge on any atom is 0.269 e. The topological polar surface area (TPSA) is 83.9 Å². The first kappa shape index (κ1) is 17.0. The van der Waals surface area contributed by atoms with E-state index in [0.717, 1.165) is 24.9 Å². The van der Waals surface area contributed by atoms with Gasteiger partial charge in [0, 0.05) is 38.3 Å². The van der Waals surface area contributed by atoms with E-state index in [2.05, 4.69) is 15.5 Å². The molecule has 7 heteroatoms.